The molecule has 0 saturated carbocycles. The predicted octanol–water partition coefficient (Wildman–Crippen LogP) is 0.968. The average molecular weight is 411 g/mol. The molecule has 3 saturated heterocycles. The standard InChI is InChI=1S/C22H30N6O2/c1-26-21-16(20(25-26)17-7-8-19(29)24-22(17)30)5-2-6-18(21)28-11-3-4-15(14-28)27-12-9-23-10-13-27/h2,5-6,15,17,23H,3-4,7-14H2,1H3,(H,24,29,30). The maximum Gasteiger partial charge on any atom is 0.235 e. The van der Waals surface area contributed by atoms with Crippen LogP contribution in [-0.4, -0.2) is 71.8 Å². The van der Waals surface area contributed by atoms with Gasteiger partial charge in [-0.2, -0.15) is 5.10 Å². The molecule has 0 radical (unpaired) electrons. The molecule has 8 nitrogen and oxygen atoms in total. The van der Waals surface area contributed by atoms with Crippen molar-refractivity contribution < 1.29 is 9.59 Å². The minimum Gasteiger partial charge on any atom is -0.368 e. The lowest BCUT2D eigenvalue weighted by molar-refractivity contribution is -0.134. The molecule has 2 atom stereocenters. The summed E-state index contributed by atoms with van der Waals surface area (Å²) < 4.78 is 1.91. The van der Waals surface area contributed by atoms with E-state index in [1.54, 1.807) is 0 Å². The number of fused-ring (bicyclic) bond motifs is 1. The molecule has 3 aliphatic heterocycles. The number of amides is 2. The fourth-order valence-electron chi connectivity index (χ4n) is 5.33. The summed E-state index contributed by atoms with van der Waals surface area (Å²) in [4.78, 5) is 29.1. The second-order valence-corrected chi connectivity index (χ2v) is 8.71. The number of benzene rings is 1. The van der Waals surface area contributed by atoms with Gasteiger partial charge in [0.05, 0.1) is 22.8 Å². The van der Waals surface area contributed by atoms with Crippen molar-refractivity contribution in [1.29, 1.82) is 0 Å². The maximum atomic E-state index is 12.5. The Bertz CT molecular complexity index is 964. The van der Waals surface area contributed by atoms with Gasteiger partial charge in [-0.1, -0.05) is 12.1 Å². The number of piperazine rings is 1. The highest BCUT2D eigenvalue weighted by molar-refractivity contribution is 6.03. The van der Waals surface area contributed by atoms with Crippen molar-refractivity contribution in [2.45, 2.75) is 37.6 Å². The average Bonchev–Trinajstić information content (AvgIpc) is 3.11. The predicted molar refractivity (Wildman–Crippen MR) is 116 cm³/mol. The van der Waals surface area contributed by atoms with E-state index in [4.69, 9.17) is 5.10 Å². The van der Waals surface area contributed by atoms with Crippen molar-refractivity contribution in [3.63, 3.8) is 0 Å². The molecule has 1 aromatic heterocycles. The van der Waals surface area contributed by atoms with E-state index in [2.05, 4.69) is 38.6 Å². The lowest BCUT2D eigenvalue weighted by atomic mass is 9.92. The summed E-state index contributed by atoms with van der Waals surface area (Å²) >= 11 is 0. The Morgan fingerprint density at radius 1 is 1.10 bits per heavy atom. The molecular formula is C22H30N6O2. The number of aryl methyl sites for hydroxylation is 1. The second-order valence-electron chi connectivity index (χ2n) is 8.71. The van der Waals surface area contributed by atoms with E-state index in [0.29, 0.717) is 18.9 Å². The first-order valence-electron chi connectivity index (χ1n) is 11.1. The number of para-hydroxylation sites is 1. The molecule has 0 aliphatic carbocycles. The molecule has 8 heteroatoms. The highest BCUT2D eigenvalue weighted by Crippen LogP contribution is 2.35. The first kappa shape index (κ1) is 19.5. The monoisotopic (exact) mass is 410 g/mol. The van der Waals surface area contributed by atoms with Crippen LogP contribution < -0.4 is 15.5 Å². The summed E-state index contributed by atoms with van der Waals surface area (Å²) in [7, 11) is 1.96. The first-order valence-corrected chi connectivity index (χ1v) is 11.1. The van der Waals surface area contributed by atoms with Crippen molar-refractivity contribution in [1.82, 2.24) is 25.3 Å². The molecule has 4 heterocycles. The summed E-state index contributed by atoms with van der Waals surface area (Å²) in [5, 5.41) is 11.7. The molecule has 0 bridgehead atoms. The Hall–Kier alpha value is -2.45. The van der Waals surface area contributed by atoms with Crippen LogP contribution in [0.1, 0.15) is 37.3 Å². The molecule has 2 aromatic rings. The van der Waals surface area contributed by atoms with E-state index in [9.17, 15) is 9.59 Å². The van der Waals surface area contributed by atoms with Gasteiger partial charge in [0.15, 0.2) is 0 Å². The van der Waals surface area contributed by atoms with E-state index in [0.717, 1.165) is 55.9 Å². The number of rotatable bonds is 3. The van der Waals surface area contributed by atoms with Gasteiger partial charge >= 0.3 is 0 Å². The molecule has 1 aromatic carbocycles. The van der Waals surface area contributed by atoms with Crippen LogP contribution in [0.25, 0.3) is 10.9 Å². The number of hydrogen-bond donors (Lipinski definition) is 2. The van der Waals surface area contributed by atoms with Crippen LogP contribution in [0, 0.1) is 0 Å². The third kappa shape index (κ3) is 3.48. The Morgan fingerprint density at radius 2 is 1.93 bits per heavy atom. The van der Waals surface area contributed by atoms with Gasteiger partial charge in [0.25, 0.3) is 0 Å². The summed E-state index contributed by atoms with van der Waals surface area (Å²) in [6.07, 6.45) is 3.32. The first-order chi connectivity index (χ1) is 14.6. The fraction of sp³-hybridized carbons (Fsp3) is 0.591. The minimum atomic E-state index is -0.364. The number of nitrogens with one attached hydrogen (secondary N) is 2. The second kappa shape index (κ2) is 8.00. The lowest BCUT2D eigenvalue weighted by Gasteiger charge is -2.42. The summed E-state index contributed by atoms with van der Waals surface area (Å²) in [5.41, 5.74) is 3.06. The minimum absolute atomic E-state index is 0.190. The van der Waals surface area contributed by atoms with Gasteiger partial charge in [-0.25, -0.2) is 0 Å². The summed E-state index contributed by atoms with van der Waals surface area (Å²) in [6, 6.07) is 6.89. The van der Waals surface area contributed by atoms with Crippen molar-refractivity contribution in [2.75, 3.05) is 44.2 Å². The molecule has 2 N–H and O–H groups in total. The summed E-state index contributed by atoms with van der Waals surface area (Å²) in [5.74, 6) is -0.783. The smallest absolute Gasteiger partial charge is 0.235 e. The third-order valence-corrected chi connectivity index (χ3v) is 6.85. The van der Waals surface area contributed by atoms with Crippen LogP contribution >= 0.6 is 0 Å². The van der Waals surface area contributed by atoms with Crippen LogP contribution in [-0.2, 0) is 16.6 Å². The van der Waals surface area contributed by atoms with Crippen molar-refractivity contribution in [3.05, 3.63) is 23.9 Å². The van der Waals surface area contributed by atoms with Gasteiger partial charge in [-0.3, -0.25) is 24.5 Å². The van der Waals surface area contributed by atoms with Gasteiger partial charge in [0.2, 0.25) is 11.8 Å². The van der Waals surface area contributed by atoms with Crippen molar-refractivity contribution >= 4 is 28.4 Å². The number of carbonyl (C=O) groups excluding carboxylic acids is 2. The number of nitrogens with zero attached hydrogens (tertiary/aromatic N) is 4. The number of carbonyl (C=O) groups is 2. The van der Waals surface area contributed by atoms with Crippen LogP contribution in [0.3, 0.4) is 0 Å². The Kier molecular flexibility index (Phi) is 5.20. The molecule has 30 heavy (non-hydrogen) atoms. The van der Waals surface area contributed by atoms with Crippen LogP contribution in [0.2, 0.25) is 0 Å². The van der Waals surface area contributed by atoms with E-state index < -0.39 is 0 Å². The zero-order valence-electron chi connectivity index (χ0n) is 17.6. The lowest BCUT2D eigenvalue weighted by Crippen LogP contribution is -2.54. The zero-order chi connectivity index (χ0) is 20.7. The van der Waals surface area contributed by atoms with Gasteiger partial charge in [-0.15, -0.1) is 0 Å². The fourth-order valence-corrected chi connectivity index (χ4v) is 5.33. The van der Waals surface area contributed by atoms with E-state index in [-0.39, 0.29) is 17.7 Å². The Balaban J connectivity index is 1.46. The van der Waals surface area contributed by atoms with Crippen LogP contribution in [0.15, 0.2) is 18.2 Å². The normalized spacial score (nSPS) is 26.2. The molecule has 0 spiro atoms. The largest absolute Gasteiger partial charge is 0.368 e. The van der Waals surface area contributed by atoms with Crippen molar-refractivity contribution in [3.8, 4) is 0 Å². The maximum absolute atomic E-state index is 12.5. The van der Waals surface area contributed by atoms with Gasteiger partial charge in [0, 0.05) is 64.2 Å². The van der Waals surface area contributed by atoms with E-state index >= 15 is 0 Å². The van der Waals surface area contributed by atoms with Gasteiger partial charge in [-0.05, 0) is 25.3 Å². The Labute approximate surface area is 176 Å². The molecule has 5 rings (SSSR count). The summed E-state index contributed by atoms with van der Waals surface area (Å²) in [6.45, 7) is 6.45. The highest BCUT2D eigenvalue weighted by Gasteiger charge is 2.33. The molecule has 3 fully saturated rings. The van der Waals surface area contributed by atoms with Gasteiger partial charge < -0.3 is 10.2 Å². The topological polar surface area (TPSA) is 82.5 Å². The quantitative estimate of drug-likeness (QED) is 0.734. The number of aromatic nitrogens is 2. The van der Waals surface area contributed by atoms with Crippen LogP contribution in [0.4, 0.5) is 5.69 Å². The Morgan fingerprint density at radius 3 is 2.73 bits per heavy atom. The molecule has 3 aliphatic rings. The third-order valence-electron chi connectivity index (χ3n) is 6.85. The number of piperidine rings is 2. The zero-order valence-corrected chi connectivity index (χ0v) is 17.6. The van der Waals surface area contributed by atoms with E-state index in [1.165, 1.54) is 18.5 Å². The molecular weight excluding hydrogens is 380 g/mol. The number of anilines is 1. The number of imide groups is 1. The molecule has 2 amide bonds. The molecule has 2 unspecified atom stereocenters. The highest BCUT2D eigenvalue weighted by atomic mass is 16.2. The van der Waals surface area contributed by atoms with Gasteiger partial charge in [0.1, 0.15) is 0 Å². The number of hydrogen-bond acceptors (Lipinski definition) is 6. The van der Waals surface area contributed by atoms with Crippen molar-refractivity contribution in [2.24, 2.45) is 7.05 Å². The molecule has 160 valence electrons. The van der Waals surface area contributed by atoms with Crippen LogP contribution in [0.5, 0.6) is 0 Å². The SMILES string of the molecule is Cn1nc(C2CCC(=O)NC2=O)c2cccc(N3CCCC(N4CCNCC4)C3)c21. The van der Waals surface area contributed by atoms with E-state index in [1.807, 2.05) is 11.7 Å².